The molecule has 0 heterocycles. The van der Waals surface area contributed by atoms with Gasteiger partial charge in [-0.2, -0.15) is 0 Å². The molecule has 4 N–H and O–H groups in total. The van der Waals surface area contributed by atoms with Crippen LogP contribution in [0.3, 0.4) is 0 Å². The summed E-state index contributed by atoms with van der Waals surface area (Å²) in [5, 5.41) is 32.1. The van der Waals surface area contributed by atoms with Crippen LogP contribution in [0.5, 0.6) is 5.75 Å². The minimum absolute atomic E-state index is 0.0266. The number of aryl methyl sites for hydroxylation is 1. The van der Waals surface area contributed by atoms with Crippen LogP contribution in [0.15, 0.2) is 18.2 Å². The molecule has 124 valence electrons. The van der Waals surface area contributed by atoms with Crippen molar-refractivity contribution in [2.45, 2.75) is 51.9 Å². The number of ether oxygens (including phenoxy) is 1. The predicted octanol–water partition coefficient (Wildman–Crippen LogP) is 2.01. The standard InChI is InChI=1S/C16H25NO5/c1-10-5-6-11(18)9-12(10)14(20)13(19)7-8-17-15(21)22-16(2,3)4/h5-6,9,13-14,18-20H,7-8H2,1-4H3,(H,17,21). The number of nitrogens with one attached hydrogen (secondary N) is 1. The van der Waals surface area contributed by atoms with Gasteiger partial charge in [0.2, 0.25) is 0 Å². The smallest absolute Gasteiger partial charge is 0.407 e. The number of amides is 1. The molecule has 0 bridgehead atoms. The molecule has 0 aromatic heterocycles. The largest absolute Gasteiger partial charge is 0.508 e. The molecule has 2 atom stereocenters. The first-order valence-electron chi connectivity index (χ1n) is 7.22. The maximum atomic E-state index is 11.5. The second-order valence-corrected chi connectivity index (χ2v) is 6.27. The number of alkyl carbamates (subject to hydrolysis) is 1. The Kier molecular flexibility index (Phi) is 6.20. The minimum atomic E-state index is -1.13. The van der Waals surface area contributed by atoms with E-state index in [2.05, 4.69) is 5.32 Å². The highest BCUT2D eigenvalue weighted by Gasteiger charge is 2.21. The Morgan fingerprint density at radius 2 is 1.95 bits per heavy atom. The number of aliphatic hydroxyl groups is 2. The number of hydrogen-bond donors (Lipinski definition) is 4. The van der Waals surface area contributed by atoms with Crippen LogP contribution in [0.4, 0.5) is 4.79 Å². The van der Waals surface area contributed by atoms with Crippen LogP contribution in [0.25, 0.3) is 0 Å². The van der Waals surface area contributed by atoms with Gasteiger partial charge in [-0.3, -0.25) is 0 Å². The van der Waals surface area contributed by atoms with Gasteiger partial charge in [0.05, 0.1) is 6.10 Å². The number of aromatic hydroxyl groups is 1. The summed E-state index contributed by atoms with van der Waals surface area (Å²) in [6, 6.07) is 4.60. The van der Waals surface area contributed by atoms with Gasteiger partial charge in [0.15, 0.2) is 0 Å². The third kappa shape index (κ3) is 5.91. The highest BCUT2D eigenvalue weighted by atomic mass is 16.6. The summed E-state index contributed by atoms with van der Waals surface area (Å²) in [7, 11) is 0. The molecular weight excluding hydrogens is 286 g/mol. The number of phenolic OH excluding ortho intramolecular Hbond substituents is 1. The second-order valence-electron chi connectivity index (χ2n) is 6.27. The molecule has 1 aromatic carbocycles. The van der Waals surface area contributed by atoms with Gasteiger partial charge in [0, 0.05) is 6.54 Å². The lowest BCUT2D eigenvalue weighted by Crippen LogP contribution is -2.34. The van der Waals surface area contributed by atoms with Crippen LogP contribution >= 0.6 is 0 Å². The molecule has 22 heavy (non-hydrogen) atoms. The van der Waals surface area contributed by atoms with Gasteiger partial charge < -0.3 is 25.4 Å². The van der Waals surface area contributed by atoms with Crippen molar-refractivity contribution in [1.82, 2.24) is 5.32 Å². The summed E-state index contributed by atoms with van der Waals surface area (Å²) in [6.07, 6.45) is -2.60. The van der Waals surface area contributed by atoms with Crippen molar-refractivity contribution in [2.75, 3.05) is 6.54 Å². The lowest BCUT2D eigenvalue weighted by atomic mass is 9.97. The van der Waals surface area contributed by atoms with Crippen LogP contribution in [-0.4, -0.2) is 39.7 Å². The van der Waals surface area contributed by atoms with E-state index in [1.165, 1.54) is 12.1 Å². The van der Waals surface area contributed by atoms with E-state index >= 15 is 0 Å². The van der Waals surface area contributed by atoms with E-state index in [0.29, 0.717) is 5.56 Å². The van der Waals surface area contributed by atoms with E-state index in [1.54, 1.807) is 33.8 Å². The monoisotopic (exact) mass is 311 g/mol. The molecule has 6 nitrogen and oxygen atoms in total. The first kappa shape index (κ1) is 18.3. The SMILES string of the molecule is Cc1ccc(O)cc1C(O)C(O)CCNC(=O)OC(C)(C)C. The molecule has 0 aliphatic rings. The van der Waals surface area contributed by atoms with E-state index in [-0.39, 0.29) is 18.7 Å². The van der Waals surface area contributed by atoms with Crippen molar-refractivity contribution in [3.63, 3.8) is 0 Å². The zero-order chi connectivity index (χ0) is 16.9. The Hall–Kier alpha value is -1.79. The fourth-order valence-corrected chi connectivity index (χ4v) is 1.95. The van der Waals surface area contributed by atoms with Crippen molar-refractivity contribution in [1.29, 1.82) is 0 Å². The average Bonchev–Trinajstić information content (AvgIpc) is 2.38. The minimum Gasteiger partial charge on any atom is -0.508 e. The third-order valence-electron chi connectivity index (χ3n) is 3.05. The maximum absolute atomic E-state index is 11.5. The van der Waals surface area contributed by atoms with Crippen molar-refractivity contribution in [3.8, 4) is 5.75 Å². The number of hydrogen-bond acceptors (Lipinski definition) is 5. The lowest BCUT2D eigenvalue weighted by Gasteiger charge is -2.22. The summed E-state index contributed by atoms with van der Waals surface area (Å²) >= 11 is 0. The normalized spacial score (nSPS) is 14.3. The van der Waals surface area contributed by atoms with Crippen LogP contribution in [0, 0.1) is 6.92 Å². The molecule has 1 aromatic rings. The van der Waals surface area contributed by atoms with Crippen LogP contribution in [0.2, 0.25) is 0 Å². The van der Waals surface area contributed by atoms with Crippen LogP contribution in [0.1, 0.15) is 44.4 Å². The predicted molar refractivity (Wildman–Crippen MR) is 82.7 cm³/mol. The van der Waals surface area contributed by atoms with E-state index in [9.17, 15) is 20.1 Å². The molecule has 0 radical (unpaired) electrons. The Morgan fingerprint density at radius 3 is 2.55 bits per heavy atom. The Labute approximate surface area is 130 Å². The summed E-state index contributed by atoms with van der Waals surface area (Å²) in [6.45, 7) is 7.23. The third-order valence-corrected chi connectivity index (χ3v) is 3.05. The molecule has 1 amide bonds. The molecule has 0 saturated heterocycles. The van der Waals surface area contributed by atoms with Gasteiger partial charge in [-0.1, -0.05) is 6.07 Å². The quantitative estimate of drug-likeness (QED) is 0.666. The molecule has 1 rings (SSSR count). The first-order valence-corrected chi connectivity index (χ1v) is 7.22. The van der Waals surface area contributed by atoms with E-state index in [1.807, 2.05) is 0 Å². The summed E-state index contributed by atoms with van der Waals surface area (Å²) < 4.78 is 5.07. The lowest BCUT2D eigenvalue weighted by molar-refractivity contribution is 0.0119. The summed E-state index contributed by atoms with van der Waals surface area (Å²) in [5.41, 5.74) is 0.648. The fraction of sp³-hybridized carbons (Fsp3) is 0.562. The van der Waals surface area contributed by atoms with E-state index < -0.39 is 23.9 Å². The van der Waals surface area contributed by atoms with Gasteiger partial charge in [0.1, 0.15) is 17.5 Å². The van der Waals surface area contributed by atoms with Gasteiger partial charge in [-0.25, -0.2) is 4.79 Å². The van der Waals surface area contributed by atoms with Crippen LogP contribution in [-0.2, 0) is 4.74 Å². The number of benzene rings is 1. The number of carbonyl (C=O) groups excluding carboxylic acids is 1. The van der Waals surface area contributed by atoms with Gasteiger partial charge in [-0.15, -0.1) is 0 Å². The first-order chi connectivity index (χ1) is 10.1. The zero-order valence-electron chi connectivity index (χ0n) is 13.5. The van der Waals surface area contributed by atoms with E-state index in [4.69, 9.17) is 4.74 Å². The highest BCUT2D eigenvalue weighted by Crippen LogP contribution is 2.25. The Morgan fingerprint density at radius 1 is 1.32 bits per heavy atom. The number of rotatable bonds is 5. The molecule has 0 fully saturated rings. The molecule has 0 aliphatic carbocycles. The molecular formula is C16H25NO5. The molecule has 0 aliphatic heterocycles. The molecule has 0 spiro atoms. The Balaban J connectivity index is 2.50. The van der Waals surface area contributed by atoms with Crippen molar-refractivity contribution < 1.29 is 24.9 Å². The second kappa shape index (κ2) is 7.47. The summed E-state index contributed by atoms with van der Waals surface area (Å²) in [5.74, 6) is 0.0266. The molecule has 2 unspecified atom stereocenters. The summed E-state index contributed by atoms with van der Waals surface area (Å²) in [4.78, 5) is 11.5. The average molecular weight is 311 g/mol. The van der Waals surface area contributed by atoms with Crippen molar-refractivity contribution in [2.24, 2.45) is 0 Å². The van der Waals surface area contributed by atoms with E-state index in [0.717, 1.165) is 5.56 Å². The number of phenols is 1. The fourth-order valence-electron chi connectivity index (χ4n) is 1.95. The Bertz CT molecular complexity index is 510. The zero-order valence-corrected chi connectivity index (χ0v) is 13.5. The number of aliphatic hydroxyl groups excluding tert-OH is 2. The van der Waals surface area contributed by atoms with Crippen molar-refractivity contribution in [3.05, 3.63) is 29.3 Å². The van der Waals surface area contributed by atoms with Gasteiger partial charge in [-0.05, 0) is 57.4 Å². The maximum Gasteiger partial charge on any atom is 0.407 e. The topological polar surface area (TPSA) is 99.0 Å². The van der Waals surface area contributed by atoms with Crippen LogP contribution < -0.4 is 5.32 Å². The van der Waals surface area contributed by atoms with Gasteiger partial charge >= 0.3 is 6.09 Å². The number of carbonyl (C=O) groups is 1. The highest BCUT2D eigenvalue weighted by molar-refractivity contribution is 5.67. The van der Waals surface area contributed by atoms with Gasteiger partial charge in [0.25, 0.3) is 0 Å². The van der Waals surface area contributed by atoms with Crippen molar-refractivity contribution >= 4 is 6.09 Å². The molecule has 0 saturated carbocycles. The molecule has 6 heteroatoms.